The fourth-order valence-electron chi connectivity index (χ4n) is 0.962. The molecule has 1 aromatic carbocycles. The number of methoxy groups -OCH3 is 1. The molecule has 0 saturated carbocycles. The Kier molecular flexibility index (Phi) is 3.76. The van der Waals surface area contributed by atoms with Crippen molar-refractivity contribution >= 4 is 27.5 Å². The fraction of sp³-hybridized carbons (Fsp3) is 0.222. The van der Waals surface area contributed by atoms with Crippen LogP contribution in [0.2, 0.25) is 0 Å². The monoisotopic (exact) mass is 259 g/mol. The second kappa shape index (κ2) is 4.85. The van der Waals surface area contributed by atoms with Crippen LogP contribution in [0.15, 0.2) is 18.2 Å². The molecule has 0 heterocycles. The lowest BCUT2D eigenvalue weighted by Crippen LogP contribution is -2.11. The third-order valence-electron chi connectivity index (χ3n) is 1.58. The summed E-state index contributed by atoms with van der Waals surface area (Å²) in [5.74, 6) is 0.205. The van der Waals surface area contributed by atoms with E-state index in [0.717, 1.165) is 0 Å². The van der Waals surface area contributed by atoms with Gasteiger partial charge in [-0.1, -0.05) is 15.9 Å². The summed E-state index contributed by atoms with van der Waals surface area (Å²) in [4.78, 5) is 11.0. The van der Waals surface area contributed by atoms with Crippen LogP contribution in [0, 0.1) is 0 Å². The molecule has 76 valence electrons. The number of hydrogen-bond acceptors (Lipinski definition) is 3. The van der Waals surface area contributed by atoms with Crippen molar-refractivity contribution in [1.29, 1.82) is 0 Å². The molecule has 0 fully saturated rings. The van der Waals surface area contributed by atoms with Crippen LogP contribution in [0.3, 0.4) is 0 Å². The average Bonchev–Trinajstić information content (AvgIpc) is 2.18. The zero-order valence-electron chi connectivity index (χ0n) is 7.58. The number of carbonyl (C=O) groups excluding carboxylic acids is 1. The molecule has 1 amide bonds. The number of rotatable bonds is 3. The number of anilines is 1. The molecule has 0 aliphatic heterocycles. The van der Waals surface area contributed by atoms with E-state index < -0.39 is 0 Å². The molecular formula is C9H10BrNO3. The van der Waals surface area contributed by atoms with E-state index >= 15 is 0 Å². The second-order valence-corrected chi connectivity index (χ2v) is 3.13. The van der Waals surface area contributed by atoms with Crippen molar-refractivity contribution in [3.63, 3.8) is 0 Å². The number of ether oxygens (including phenoxy) is 1. The number of nitrogens with one attached hydrogen (secondary N) is 1. The molecule has 1 aromatic rings. The van der Waals surface area contributed by atoms with Crippen LogP contribution in [0.25, 0.3) is 0 Å². The summed E-state index contributed by atoms with van der Waals surface area (Å²) >= 11 is 3.02. The van der Waals surface area contributed by atoms with Crippen molar-refractivity contribution in [2.45, 2.75) is 0 Å². The van der Waals surface area contributed by atoms with E-state index in [0.29, 0.717) is 11.4 Å². The molecule has 0 radical (unpaired) electrons. The molecule has 0 aliphatic carbocycles. The maximum atomic E-state index is 11.0. The number of phenolic OH excluding ortho intramolecular Hbond substituents is 1. The Morgan fingerprint density at radius 1 is 1.64 bits per heavy atom. The average molecular weight is 260 g/mol. The summed E-state index contributed by atoms with van der Waals surface area (Å²) in [6.45, 7) is 0. The molecule has 0 aromatic heterocycles. The minimum absolute atomic E-state index is 0.000118. The van der Waals surface area contributed by atoms with Gasteiger partial charge in [-0.2, -0.15) is 0 Å². The van der Waals surface area contributed by atoms with Crippen molar-refractivity contribution in [1.82, 2.24) is 0 Å². The van der Waals surface area contributed by atoms with Gasteiger partial charge in [0.2, 0.25) is 5.91 Å². The lowest BCUT2D eigenvalue weighted by atomic mass is 10.3. The summed E-state index contributed by atoms with van der Waals surface area (Å²) in [5, 5.41) is 12.2. The third-order valence-corrected chi connectivity index (χ3v) is 2.09. The lowest BCUT2D eigenvalue weighted by Gasteiger charge is -2.06. The van der Waals surface area contributed by atoms with Gasteiger partial charge >= 0.3 is 0 Å². The first-order valence-electron chi connectivity index (χ1n) is 3.90. The molecule has 4 nitrogen and oxygen atoms in total. The summed E-state index contributed by atoms with van der Waals surface area (Å²) in [7, 11) is 1.46. The van der Waals surface area contributed by atoms with Crippen LogP contribution in [-0.2, 0) is 4.79 Å². The highest BCUT2D eigenvalue weighted by Crippen LogP contribution is 2.28. The van der Waals surface area contributed by atoms with Crippen LogP contribution in [0.5, 0.6) is 11.5 Å². The minimum Gasteiger partial charge on any atom is -0.504 e. The number of benzene rings is 1. The molecule has 0 bridgehead atoms. The maximum Gasteiger partial charge on any atom is 0.235 e. The van der Waals surface area contributed by atoms with Crippen molar-refractivity contribution < 1.29 is 14.6 Å². The van der Waals surface area contributed by atoms with Crippen molar-refractivity contribution in [3.8, 4) is 11.5 Å². The van der Waals surface area contributed by atoms with E-state index in [1.807, 2.05) is 0 Å². The van der Waals surface area contributed by atoms with Gasteiger partial charge in [-0.05, 0) is 12.1 Å². The highest BCUT2D eigenvalue weighted by atomic mass is 79.9. The Hall–Kier alpha value is -1.23. The molecule has 2 N–H and O–H groups in total. The van der Waals surface area contributed by atoms with Gasteiger partial charge in [0.25, 0.3) is 0 Å². The van der Waals surface area contributed by atoms with Crippen LogP contribution >= 0.6 is 15.9 Å². The standard InChI is InChI=1S/C9H10BrNO3/c1-14-8-3-2-6(4-7(8)12)11-9(13)5-10/h2-4,12H,5H2,1H3,(H,11,13). The fourth-order valence-corrected chi connectivity index (χ4v) is 1.10. The molecule has 14 heavy (non-hydrogen) atoms. The van der Waals surface area contributed by atoms with Gasteiger partial charge in [0.1, 0.15) is 0 Å². The van der Waals surface area contributed by atoms with Gasteiger partial charge in [0.05, 0.1) is 12.4 Å². The number of aromatic hydroxyl groups is 1. The van der Waals surface area contributed by atoms with Gasteiger partial charge in [-0.3, -0.25) is 4.79 Å². The number of amides is 1. The van der Waals surface area contributed by atoms with E-state index in [-0.39, 0.29) is 17.0 Å². The summed E-state index contributed by atoms with van der Waals surface area (Å²) in [6, 6.07) is 4.66. The second-order valence-electron chi connectivity index (χ2n) is 2.57. The van der Waals surface area contributed by atoms with Gasteiger partial charge in [-0.25, -0.2) is 0 Å². The molecule has 0 atom stereocenters. The van der Waals surface area contributed by atoms with E-state index in [1.165, 1.54) is 13.2 Å². The Labute approximate surface area is 90.0 Å². The summed E-state index contributed by atoms with van der Waals surface area (Å²) in [5.41, 5.74) is 0.535. The highest BCUT2D eigenvalue weighted by Gasteiger charge is 2.04. The molecule has 0 spiro atoms. The third kappa shape index (κ3) is 2.63. The van der Waals surface area contributed by atoms with Crippen LogP contribution in [0.4, 0.5) is 5.69 Å². The lowest BCUT2D eigenvalue weighted by molar-refractivity contribution is -0.113. The number of alkyl halides is 1. The van der Waals surface area contributed by atoms with Gasteiger partial charge < -0.3 is 15.2 Å². The highest BCUT2D eigenvalue weighted by molar-refractivity contribution is 9.09. The van der Waals surface area contributed by atoms with Crippen LogP contribution < -0.4 is 10.1 Å². The first kappa shape index (κ1) is 10.8. The SMILES string of the molecule is COc1ccc(NC(=O)CBr)cc1O. The van der Waals surface area contributed by atoms with Crippen molar-refractivity contribution in [3.05, 3.63) is 18.2 Å². The number of halogens is 1. The number of carbonyl (C=O) groups is 1. The minimum atomic E-state index is -0.172. The predicted octanol–water partition coefficient (Wildman–Crippen LogP) is 1.73. The zero-order chi connectivity index (χ0) is 10.6. The number of phenols is 1. The molecule has 0 aliphatic rings. The van der Waals surface area contributed by atoms with E-state index in [2.05, 4.69) is 21.2 Å². The van der Waals surface area contributed by atoms with E-state index in [4.69, 9.17) is 4.74 Å². The molecule has 0 unspecified atom stereocenters. The van der Waals surface area contributed by atoms with Crippen LogP contribution in [-0.4, -0.2) is 23.5 Å². The first-order valence-corrected chi connectivity index (χ1v) is 5.02. The predicted molar refractivity (Wildman–Crippen MR) is 57.1 cm³/mol. The molecule has 5 heteroatoms. The van der Waals surface area contributed by atoms with Crippen molar-refractivity contribution in [2.24, 2.45) is 0 Å². The number of hydrogen-bond donors (Lipinski definition) is 2. The Balaban J connectivity index is 2.81. The maximum absolute atomic E-state index is 11.0. The van der Waals surface area contributed by atoms with Gasteiger partial charge in [-0.15, -0.1) is 0 Å². The first-order chi connectivity index (χ1) is 6.67. The van der Waals surface area contributed by atoms with E-state index in [9.17, 15) is 9.90 Å². The van der Waals surface area contributed by atoms with E-state index in [1.54, 1.807) is 12.1 Å². The van der Waals surface area contributed by atoms with Crippen molar-refractivity contribution in [2.75, 3.05) is 17.8 Å². The summed E-state index contributed by atoms with van der Waals surface area (Å²) in [6.07, 6.45) is 0. The normalized spacial score (nSPS) is 9.57. The van der Waals surface area contributed by atoms with Gasteiger partial charge in [0.15, 0.2) is 11.5 Å². The molecule has 1 rings (SSSR count). The Bertz CT molecular complexity index is 341. The molecule has 0 saturated heterocycles. The summed E-state index contributed by atoms with van der Waals surface area (Å²) < 4.78 is 4.86. The van der Waals surface area contributed by atoms with Crippen LogP contribution in [0.1, 0.15) is 0 Å². The van der Waals surface area contributed by atoms with Gasteiger partial charge in [0, 0.05) is 11.8 Å². The smallest absolute Gasteiger partial charge is 0.235 e. The Morgan fingerprint density at radius 2 is 2.36 bits per heavy atom. The quantitative estimate of drug-likeness (QED) is 0.814. The largest absolute Gasteiger partial charge is 0.504 e. The molecular weight excluding hydrogens is 250 g/mol. The Morgan fingerprint density at radius 3 is 2.86 bits per heavy atom. The zero-order valence-corrected chi connectivity index (χ0v) is 9.17. The topological polar surface area (TPSA) is 58.6 Å².